The molecule has 1 amide bonds. The summed E-state index contributed by atoms with van der Waals surface area (Å²) in [6.07, 6.45) is 7.95. The largest absolute Gasteiger partial charge is 0.342 e. The molecule has 2 aromatic rings. The second-order valence-electron chi connectivity index (χ2n) is 7.36. The molecule has 1 saturated heterocycles. The van der Waals surface area contributed by atoms with E-state index in [0.29, 0.717) is 12.5 Å². The quantitative estimate of drug-likeness (QED) is 0.769. The first kappa shape index (κ1) is 18.6. The molecule has 0 atom stereocenters. The molecule has 0 radical (unpaired) electrons. The van der Waals surface area contributed by atoms with E-state index in [1.165, 1.54) is 11.1 Å². The topological polar surface area (TPSA) is 36.4 Å². The predicted octanol–water partition coefficient (Wildman–Crippen LogP) is 3.04. The summed E-state index contributed by atoms with van der Waals surface area (Å²) in [7, 11) is 2.03. The number of carbonyl (C=O) groups excluding carboxylic acids is 1. The Hall–Kier alpha value is -2.20. The lowest BCUT2D eigenvalue weighted by Crippen LogP contribution is -2.44. The van der Waals surface area contributed by atoms with Crippen LogP contribution in [0.25, 0.3) is 0 Å². The van der Waals surface area contributed by atoms with Crippen LogP contribution in [-0.2, 0) is 17.6 Å². The standard InChI is InChI=1S/C22H29N3O/c1-24(14-9-19-7-12-23-13-8-19)18-22(26)25-15-10-21(11-16-25)17-20-5-3-2-4-6-20/h2-8,12-13,21H,9-11,14-18H2,1H3. The Kier molecular flexibility index (Phi) is 6.78. The Morgan fingerprint density at radius 2 is 1.77 bits per heavy atom. The molecule has 1 fully saturated rings. The van der Waals surface area contributed by atoms with Crippen LogP contribution in [0.5, 0.6) is 0 Å². The summed E-state index contributed by atoms with van der Waals surface area (Å²) < 4.78 is 0. The van der Waals surface area contributed by atoms with Crippen molar-refractivity contribution in [1.82, 2.24) is 14.8 Å². The van der Waals surface area contributed by atoms with Crippen LogP contribution in [0.4, 0.5) is 0 Å². The van der Waals surface area contributed by atoms with E-state index in [4.69, 9.17) is 0 Å². The second-order valence-corrected chi connectivity index (χ2v) is 7.36. The zero-order chi connectivity index (χ0) is 18.2. The number of carbonyl (C=O) groups is 1. The van der Waals surface area contributed by atoms with Crippen molar-refractivity contribution < 1.29 is 4.79 Å². The van der Waals surface area contributed by atoms with E-state index < -0.39 is 0 Å². The van der Waals surface area contributed by atoms with Gasteiger partial charge in [0.05, 0.1) is 6.54 Å². The Bertz CT molecular complexity index is 666. The van der Waals surface area contributed by atoms with Gasteiger partial charge in [-0.3, -0.25) is 14.7 Å². The summed E-state index contributed by atoms with van der Waals surface area (Å²) in [6, 6.07) is 14.8. The van der Waals surface area contributed by atoms with Gasteiger partial charge >= 0.3 is 0 Å². The van der Waals surface area contributed by atoms with Gasteiger partial charge in [0.2, 0.25) is 5.91 Å². The number of rotatable bonds is 7. The summed E-state index contributed by atoms with van der Waals surface area (Å²) in [4.78, 5) is 20.8. The van der Waals surface area contributed by atoms with Gasteiger partial charge in [-0.15, -0.1) is 0 Å². The summed E-state index contributed by atoms with van der Waals surface area (Å²) >= 11 is 0. The molecule has 0 saturated carbocycles. The molecule has 138 valence electrons. The monoisotopic (exact) mass is 351 g/mol. The molecule has 0 aliphatic carbocycles. The van der Waals surface area contributed by atoms with Crippen molar-refractivity contribution >= 4 is 5.91 Å². The Balaban J connectivity index is 1.37. The molecule has 26 heavy (non-hydrogen) atoms. The Labute approximate surface area is 156 Å². The fourth-order valence-electron chi connectivity index (χ4n) is 3.61. The maximum atomic E-state index is 12.6. The van der Waals surface area contributed by atoms with Crippen LogP contribution in [0, 0.1) is 5.92 Å². The summed E-state index contributed by atoms with van der Waals surface area (Å²) in [5.74, 6) is 0.964. The van der Waals surface area contributed by atoms with E-state index in [9.17, 15) is 4.79 Å². The van der Waals surface area contributed by atoms with E-state index in [0.717, 1.165) is 45.3 Å². The molecule has 1 aliphatic heterocycles. The number of hydrogen-bond donors (Lipinski definition) is 0. The van der Waals surface area contributed by atoms with Gasteiger partial charge in [-0.25, -0.2) is 0 Å². The number of piperidine rings is 1. The van der Waals surface area contributed by atoms with Gasteiger partial charge in [-0.2, -0.15) is 0 Å². The highest BCUT2D eigenvalue weighted by Crippen LogP contribution is 2.21. The van der Waals surface area contributed by atoms with Crippen molar-refractivity contribution in [2.75, 3.05) is 33.2 Å². The molecule has 1 aliphatic rings. The molecule has 3 rings (SSSR count). The minimum absolute atomic E-state index is 0.264. The number of likely N-dealkylation sites (N-methyl/N-ethyl adjacent to an activating group) is 1. The molecular formula is C22H29N3O. The normalized spacial score (nSPS) is 15.4. The van der Waals surface area contributed by atoms with Crippen LogP contribution < -0.4 is 0 Å². The average molecular weight is 351 g/mol. The lowest BCUT2D eigenvalue weighted by atomic mass is 9.90. The smallest absolute Gasteiger partial charge is 0.236 e. The third-order valence-electron chi connectivity index (χ3n) is 5.27. The summed E-state index contributed by atoms with van der Waals surface area (Å²) in [5.41, 5.74) is 2.68. The molecule has 0 spiro atoms. The van der Waals surface area contributed by atoms with Gasteiger partial charge < -0.3 is 4.90 Å². The van der Waals surface area contributed by atoms with Gasteiger partial charge in [0.15, 0.2) is 0 Å². The van der Waals surface area contributed by atoms with Gasteiger partial charge in [0.25, 0.3) is 0 Å². The van der Waals surface area contributed by atoms with Gasteiger partial charge in [-0.05, 0) is 61.9 Å². The van der Waals surface area contributed by atoms with Crippen molar-refractivity contribution in [2.24, 2.45) is 5.92 Å². The van der Waals surface area contributed by atoms with Crippen LogP contribution in [0.1, 0.15) is 24.0 Å². The number of hydrogen-bond acceptors (Lipinski definition) is 3. The molecule has 4 nitrogen and oxygen atoms in total. The number of aromatic nitrogens is 1. The highest BCUT2D eigenvalue weighted by Gasteiger charge is 2.23. The molecule has 0 unspecified atom stereocenters. The van der Waals surface area contributed by atoms with E-state index in [-0.39, 0.29) is 5.91 Å². The predicted molar refractivity (Wildman–Crippen MR) is 105 cm³/mol. The maximum Gasteiger partial charge on any atom is 0.236 e. The van der Waals surface area contributed by atoms with Crippen LogP contribution >= 0.6 is 0 Å². The Morgan fingerprint density at radius 1 is 1.08 bits per heavy atom. The first-order chi connectivity index (χ1) is 12.7. The number of nitrogens with zero attached hydrogens (tertiary/aromatic N) is 3. The third-order valence-corrected chi connectivity index (χ3v) is 5.27. The molecule has 1 aromatic heterocycles. The second kappa shape index (κ2) is 9.48. The molecule has 0 bridgehead atoms. The Morgan fingerprint density at radius 3 is 2.46 bits per heavy atom. The van der Waals surface area contributed by atoms with Crippen LogP contribution in [0.15, 0.2) is 54.9 Å². The molecule has 4 heteroatoms. The minimum Gasteiger partial charge on any atom is -0.342 e. The number of pyridine rings is 1. The fourth-order valence-corrected chi connectivity index (χ4v) is 3.61. The average Bonchev–Trinajstić information content (AvgIpc) is 2.68. The van der Waals surface area contributed by atoms with Gasteiger partial charge in [0, 0.05) is 32.0 Å². The van der Waals surface area contributed by atoms with E-state index in [1.54, 1.807) is 0 Å². The van der Waals surface area contributed by atoms with Crippen molar-refractivity contribution in [3.8, 4) is 0 Å². The third kappa shape index (κ3) is 5.67. The van der Waals surface area contributed by atoms with Gasteiger partial charge in [0.1, 0.15) is 0 Å². The zero-order valence-electron chi connectivity index (χ0n) is 15.7. The molecule has 0 N–H and O–H groups in total. The van der Waals surface area contributed by atoms with E-state index in [2.05, 4.69) is 40.2 Å². The fraction of sp³-hybridized carbons (Fsp3) is 0.455. The first-order valence-electron chi connectivity index (χ1n) is 9.60. The number of amides is 1. The van der Waals surface area contributed by atoms with E-state index >= 15 is 0 Å². The number of likely N-dealkylation sites (tertiary alicyclic amines) is 1. The van der Waals surface area contributed by atoms with Crippen molar-refractivity contribution in [3.63, 3.8) is 0 Å². The van der Waals surface area contributed by atoms with E-state index in [1.807, 2.05) is 36.5 Å². The lowest BCUT2D eigenvalue weighted by Gasteiger charge is -2.33. The molecule has 2 heterocycles. The SMILES string of the molecule is CN(CCc1ccncc1)CC(=O)N1CCC(Cc2ccccc2)CC1. The van der Waals surface area contributed by atoms with Crippen molar-refractivity contribution in [2.45, 2.75) is 25.7 Å². The highest BCUT2D eigenvalue weighted by atomic mass is 16.2. The maximum absolute atomic E-state index is 12.6. The van der Waals surface area contributed by atoms with Crippen LogP contribution in [-0.4, -0.2) is 53.9 Å². The van der Waals surface area contributed by atoms with Gasteiger partial charge in [-0.1, -0.05) is 30.3 Å². The zero-order valence-corrected chi connectivity index (χ0v) is 15.7. The number of benzene rings is 1. The summed E-state index contributed by atoms with van der Waals surface area (Å²) in [5, 5.41) is 0. The van der Waals surface area contributed by atoms with Crippen LogP contribution in [0.2, 0.25) is 0 Å². The highest BCUT2D eigenvalue weighted by molar-refractivity contribution is 5.78. The molecular weight excluding hydrogens is 322 g/mol. The molecule has 1 aromatic carbocycles. The lowest BCUT2D eigenvalue weighted by molar-refractivity contribution is -0.133. The van der Waals surface area contributed by atoms with Crippen LogP contribution in [0.3, 0.4) is 0 Å². The minimum atomic E-state index is 0.264. The first-order valence-corrected chi connectivity index (χ1v) is 9.60. The van der Waals surface area contributed by atoms with Crippen molar-refractivity contribution in [3.05, 3.63) is 66.0 Å². The van der Waals surface area contributed by atoms with Crippen molar-refractivity contribution in [1.29, 1.82) is 0 Å². The summed E-state index contributed by atoms with van der Waals surface area (Å²) in [6.45, 7) is 3.19.